The van der Waals surface area contributed by atoms with Crippen LogP contribution in [0.15, 0.2) is 18.3 Å². The third-order valence-electron chi connectivity index (χ3n) is 3.61. The maximum Gasteiger partial charge on any atom is 0.270 e. The second-order valence-corrected chi connectivity index (χ2v) is 4.74. The van der Waals surface area contributed by atoms with Crippen LogP contribution in [0.4, 0.5) is 0 Å². The summed E-state index contributed by atoms with van der Waals surface area (Å²) in [6.07, 6.45) is 5.90. The van der Waals surface area contributed by atoms with Crippen LogP contribution < -0.4 is 5.73 Å². The lowest BCUT2D eigenvalue weighted by Crippen LogP contribution is -2.44. The Balaban J connectivity index is 2.03. The molecule has 4 nitrogen and oxygen atoms in total. The average molecular weight is 235 g/mol. The monoisotopic (exact) mass is 235 g/mol. The molecule has 0 spiro atoms. The minimum atomic E-state index is 0.109. The van der Waals surface area contributed by atoms with Gasteiger partial charge in [-0.05, 0) is 44.7 Å². The number of hydrogen-bond acceptors (Lipinski definition) is 2. The topological polar surface area (TPSA) is 62.1 Å². The SMILES string of the molecule is CCN(C(=O)c1ccc[nH]1)C1CCC(N)CC1. The second kappa shape index (κ2) is 5.36. The Hall–Kier alpha value is -1.29. The van der Waals surface area contributed by atoms with Crippen molar-refractivity contribution in [2.75, 3.05) is 6.54 Å². The van der Waals surface area contributed by atoms with Crippen molar-refractivity contribution in [2.24, 2.45) is 5.73 Å². The van der Waals surface area contributed by atoms with E-state index < -0.39 is 0 Å². The van der Waals surface area contributed by atoms with Gasteiger partial charge in [-0.25, -0.2) is 0 Å². The van der Waals surface area contributed by atoms with E-state index in [1.807, 2.05) is 24.0 Å². The van der Waals surface area contributed by atoms with Gasteiger partial charge in [0.15, 0.2) is 0 Å². The molecule has 1 aromatic heterocycles. The summed E-state index contributed by atoms with van der Waals surface area (Å²) in [7, 11) is 0. The number of aromatic nitrogens is 1. The van der Waals surface area contributed by atoms with E-state index in [-0.39, 0.29) is 5.91 Å². The van der Waals surface area contributed by atoms with E-state index in [1.165, 1.54) is 0 Å². The molecule has 1 aromatic rings. The number of hydrogen-bond donors (Lipinski definition) is 2. The number of nitrogens with one attached hydrogen (secondary N) is 1. The Morgan fingerprint density at radius 1 is 1.47 bits per heavy atom. The zero-order valence-corrected chi connectivity index (χ0v) is 10.4. The average Bonchev–Trinajstić information content (AvgIpc) is 2.86. The van der Waals surface area contributed by atoms with Gasteiger partial charge in [0, 0.05) is 24.8 Å². The van der Waals surface area contributed by atoms with Gasteiger partial charge in [-0.1, -0.05) is 0 Å². The van der Waals surface area contributed by atoms with E-state index in [1.54, 1.807) is 6.20 Å². The van der Waals surface area contributed by atoms with Crippen LogP contribution in [0.2, 0.25) is 0 Å². The Kier molecular flexibility index (Phi) is 3.84. The molecule has 4 heteroatoms. The maximum atomic E-state index is 12.3. The quantitative estimate of drug-likeness (QED) is 0.838. The largest absolute Gasteiger partial charge is 0.357 e. The summed E-state index contributed by atoms with van der Waals surface area (Å²) in [5, 5.41) is 0. The number of aromatic amines is 1. The lowest BCUT2D eigenvalue weighted by molar-refractivity contribution is 0.0635. The van der Waals surface area contributed by atoms with Gasteiger partial charge in [0.2, 0.25) is 0 Å². The van der Waals surface area contributed by atoms with Gasteiger partial charge in [0.1, 0.15) is 5.69 Å². The molecule has 1 aliphatic rings. The third-order valence-corrected chi connectivity index (χ3v) is 3.61. The molecule has 1 heterocycles. The van der Waals surface area contributed by atoms with Gasteiger partial charge in [0.05, 0.1) is 0 Å². The summed E-state index contributed by atoms with van der Waals surface area (Å²) in [5.41, 5.74) is 6.58. The Labute approximate surface area is 102 Å². The number of carbonyl (C=O) groups excluding carboxylic acids is 1. The van der Waals surface area contributed by atoms with Crippen LogP contribution in [0.3, 0.4) is 0 Å². The molecule has 0 saturated heterocycles. The van der Waals surface area contributed by atoms with Gasteiger partial charge >= 0.3 is 0 Å². The van der Waals surface area contributed by atoms with Crippen molar-refractivity contribution in [1.82, 2.24) is 9.88 Å². The summed E-state index contributed by atoms with van der Waals surface area (Å²) >= 11 is 0. The number of carbonyl (C=O) groups is 1. The van der Waals surface area contributed by atoms with E-state index in [0.29, 0.717) is 17.8 Å². The summed E-state index contributed by atoms with van der Waals surface area (Å²) in [6.45, 7) is 2.80. The molecule has 0 aromatic carbocycles. The van der Waals surface area contributed by atoms with Crippen LogP contribution in [0.25, 0.3) is 0 Å². The zero-order chi connectivity index (χ0) is 12.3. The van der Waals surface area contributed by atoms with Crippen LogP contribution in [-0.2, 0) is 0 Å². The van der Waals surface area contributed by atoms with Gasteiger partial charge < -0.3 is 15.6 Å². The first kappa shape index (κ1) is 12.2. The second-order valence-electron chi connectivity index (χ2n) is 4.74. The predicted octanol–water partition coefficient (Wildman–Crippen LogP) is 1.75. The van der Waals surface area contributed by atoms with Gasteiger partial charge in [0.25, 0.3) is 5.91 Å². The summed E-state index contributed by atoms with van der Waals surface area (Å²) in [5.74, 6) is 0.109. The highest BCUT2D eigenvalue weighted by Crippen LogP contribution is 2.23. The van der Waals surface area contributed by atoms with Crippen molar-refractivity contribution in [1.29, 1.82) is 0 Å². The van der Waals surface area contributed by atoms with Crippen LogP contribution in [0.1, 0.15) is 43.1 Å². The molecule has 1 aliphatic carbocycles. The van der Waals surface area contributed by atoms with E-state index in [9.17, 15) is 4.79 Å². The minimum Gasteiger partial charge on any atom is -0.357 e. The smallest absolute Gasteiger partial charge is 0.270 e. The van der Waals surface area contributed by atoms with E-state index in [4.69, 9.17) is 5.73 Å². The number of rotatable bonds is 3. The molecule has 0 radical (unpaired) electrons. The third kappa shape index (κ3) is 2.69. The van der Waals surface area contributed by atoms with Crippen molar-refractivity contribution in [3.05, 3.63) is 24.0 Å². The molecule has 0 aliphatic heterocycles. The van der Waals surface area contributed by atoms with E-state index >= 15 is 0 Å². The number of H-pyrrole nitrogens is 1. The summed E-state index contributed by atoms with van der Waals surface area (Å²) in [4.78, 5) is 17.2. The fraction of sp³-hybridized carbons (Fsp3) is 0.615. The van der Waals surface area contributed by atoms with Crippen molar-refractivity contribution >= 4 is 5.91 Å². The maximum absolute atomic E-state index is 12.3. The van der Waals surface area contributed by atoms with Crippen molar-refractivity contribution < 1.29 is 4.79 Å². The molecule has 1 amide bonds. The fourth-order valence-corrected chi connectivity index (χ4v) is 2.60. The normalized spacial score (nSPS) is 24.6. The van der Waals surface area contributed by atoms with Crippen LogP contribution >= 0.6 is 0 Å². The van der Waals surface area contributed by atoms with Crippen LogP contribution in [0.5, 0.6) is 0 Å². The number of amides is 1. The Morgan fingerprint density at radius 2 is 2.18 bits per heavy atom. The van der Waals surface area contributed by atoms with Crippen molar-refractivity contribution in [2.45, 2.75) is 44.7 Å². The Morgan fingerprint density at radius 3 is 2.71 bits per heavy atom. The van der Waals surface area contributed by atoms with E-state index in [0.717, 1.165) is 32.2 Å². The first-order chi connectivity index (χ1) is 8.22. The summed E-state index contributed by atoms with van der Waals surface area (Å²) < 4.78 is 0. The molecular formula is C13H21N3O. The highest BCUT2D eigenvalue weighted by molar-refractivity contribution is 5.92. The minimum absolute atomic E-state index is 0.109. The molecule has 17 heavy (non-hydrogen) atoms. The highest BCUT2D eigenvalue weighted by Gasteiger charge is 2.27. The zero-order valence-electron chi connectivity index (χ0n) is 10.4. The molecule has 94 valence electrons. The predicted molar refractivity (Wildman–Crippen MR) is 67.7 cm³/mol. The molecule has 1 fully saturated rings. The molecule has 0 atom stereocenters. The van der Waals surface area contributed by atoms with Crippen molar-refractivity contribution in [3.8, 4) is 0 Å². The summed E-state index contributed by atoms with van der Waals surface area (Å²) in [6, 6.07) is 4.37. The standard InChI is InChI=1S/C13H21N3O/c1-2-16(11-7-5-10(14)6-8-11)13(17)12-4-3-9-15-12/h3-4,9-11,15H,2,5-8,14H2,1H3. The molecule has 0 bridgehead atoms. The molecule has 0 unspecified atom stereocenters. The fourth-order valence-electron chi connectivity index (χ4n) is 2.60. The number of nitrogens with zero attached hydrogens (tertiary/aromatic N) is 1. The van der Waals surface area contributed by atoms with Gasteiger partial charge in [-0.3, -0.25) is 4.79 Å². The first-order valence-electron chi connectivity index (χ1n) is 6.42. The molecular weight excluding hydrogens is 214 g/mol. The molecule has 2 rings (SSSR count). The Bertz CT molecular complexity index is 353. The highest BCUT2D eigenvalue weighted by atomic mass is 16.2. The lowest BCUT2D eigenvalue weighted by atomic mass is 9.90. The van der Waals surface area contributed by atoms with Gasteiger partial charge in [-0.2, -0.15) is 0 Å². The van der Waals surface area contributed by atoms with Crippen molar-refractivity contribution in [3.63, 3.8) is 0 Å². The number of nitrogens with two attached hydrogens (primary N) is 1. The van der Waals surface area contributed by atoms with Crippen LogP contribution in [0, 0.1) is 0 Å². The van der Waals surface area contributed by atoms with Crippen LogP contribution in [-0.4, -0.2) is 34.4 Å². The lowest BCUT2D eigenvalue weighted by Gasteiger charge is -2.35. The van der Waals surface area contributed by atoms with E-state index in [2.05, 4.69) is 4.98 Å². The van der Waals surface area contributed by atoms with Gasteiger partial charge in [-0.15, -0.1) is 0 Å². The molecule has 3 N–H and O–H groups in total. The molecule has 1 saturated carbocycles. The first-order valence-corrected chi connectivity index (χ1v) is 6.42.